The number of benzene rings is 4. The molecule has 0 amide bonds. The van der Waals surface area contributed by atoms with E-state index in [-0.39, 0.29) is 22.7 Å². The summed E-state index contributed by atoms with van der Waals surface area (Å²) in [6.45, 7) is 8.21. The molecule has 0 bridgehead atoms. The molecule has 0 fully saturated rings. The van der Waals surface area contributed by atoms with Crippen LogP contribution in [0.1, 0.15) is 50.7 Å². The van der Waals surface area contributed by atoms with Crippen molar-refractivity contribution in [3.63, 3.8) is 0 Å². The number of hydrogen-bond acceptors (Lipinski definition) is 5. The third-order valence-corrected chi connectivity index (χ3v) is 11.0. The van der Waals surface area contributed by atoms with Gasteiger partial charge in [-0.15, -0.1) is 22.7 Å². The average molecular weight is 555 g/mol. The molecule has 6 heteroatoms. The summed E-state index contributed by atoms with van der Waals surface area (Å²) in [5, 5.41) is 2.26. The lowest BCUT2D eigenvalue weighted by molar-refractivity contribution is 0.592. The predicted octanol–water partition coefficient (Wildman–Crippen LogP) is 8.56. The van der Waals surface area contributed by atoms with Gasteiger partial charge in [-0.05, 0) is 48.2 Å². The third kappa shape index (κ3) is 3.90. The Bertz CT molecular complexity index is 1860. The molecule has 0 aliphatic carbocycles. The first-order chi connectivity index (χ1) is 18.3. The summed E-state index contributed by atoms with van der Waals surface area (Å²) in [7, 11) is 0. The summed E-state index contributed by atoms with van der Waals surface area (Å²) in [6, 6.07) is 23.1. The first-order valence-corrected chi connectivity index (χ1v) is 15.4. The molecular formula is C32H26O3S3. The molecule has 0 atom stereocenters. The van der Waals surface area contributed by atoms with E-state index in [0.717, 1.165) is 29.9 Å². The van der Waals surface area contributed by atoms with E-state index in [1.165, 1.54) is 22.7 Å². The lowest BCUT2D eigenvalue weighted by Crippen LogP contribution is -2.17. The third-order valence-electron chi connectivity index (χ3n) is 7.07. The molecule has 0 saturated heterocycles. The Morgan fingerprint density at radius 3 is 1.37 bits per heavy atom. The fourth-order valence-electron chi connectivity index (χ4n) is 5.17. The maximum Gasteiger partial charge on any atom is 0.200 e. The van der Waals surface area contributed by atoms with Crippen molar-refractivity contribution in [2.75, 3.05) is 0 Å². The van der Waals surface area contributed by atoms with Crippen molar-refractivity contribution in [2.45, 2.75) is 49.3 Å². The molecule has 0 N–H and O–H groups in total. The van der Waals surface area contributed by atoms with E-state index in [1.54, 1.807) is 0 Å². The van der Waals surface area contributed by atoms with Crippen LogP contribution in [0.4, 0.5) is 0 Å². The Morgan fingerprint density at radius 2 is 0.974 bits per heavy atom. The van der Waals surface area contributed by atoms with Gasteiger partial charge in [0.2, 0.25) is 10.9 Å². The zero-order chi connectivity index (χ0) is 26.7. The van der Waals surface area contributed by atoms with E-state index in [1.807, 2.05) is 72.8 Å². The quantitative estimate of drug-likeness (QED) is 0.162. The van der Waals surface area contributed by atoms with Crippen molar-refractivity contribution >= 4 is 74.2 Å². The minimum Gasteiger partial charge on any atom is -0.606 e. The van der Waals surface area contributed by atoms with E-state index in [4.69, 9.17) is 0 Å². The monoisotopic (exact) mass is 554 g/mol. The standard InChI is InChI=1S/C32H26O3S3/c1-17(2)19-13-15-25-27(29(33)21-9-5-7-11-23(21)36-25)31(19)38(35)32-20(18(3)4)14-16-26-28(32)30(34)22-10-6-8-12-24(22)37-26/h5-18H,1-4H3. The minimum absolute atomic E-state index is 0.0436. The summed E-state index contributed by atoms with van der Waals surface area (Å²) < 4.78 is 18.4. The largest absolute Gasteiger partial charge is 0.606 e. The van der Waals surface area contributed by atoms with Crippen LogP contribution in [0.15, 0.2) is 92.2 Å². The van der Waals surface area contributed by atoms with Crippen LogP contribution in [0.25, 0.3) is 40.3 Å². The minimum atomic E-state index is -1.75. The predicted molar refractivity (Wildman–Crippen MR) is 164 cm³/mol. The van der Waals surface area contributed by atoms with Crippen LogP contribution < -0.4 is 10.9 Å². The van der Waals surface area contributed by atoms with Gasteiger partial charge in [0.25, 0.3) is 0 Å². The van der Waals surface area contributed by atoms with Crippen LogP contribution in [0.5, 0.6) is 0 Å². The SMILES string of the molecule is CC(C)c1ccc2sc3ccccc3c(=O)c2c1[S+]([O-])c1c(C(C)C)ccc2sc3ccccc3c(=O)c12. The molecule has 6 rings (SSSR count). The summed E-state index contributed by atoms with van der Waals surface area (Å²) in [4.78, 5) is 29.0. The maximum atomic E-state index is 14.9. The zero-order valence-electron chi connectivity index (χ0n) is 21.5. The van der Waals surface area contributed by atoms with Crippen LogP contribution >= 0.6 is 22.7 Å². The number of hydrogen-bond donors (Lipinski definition) is 0. The molecule has 38 heavy (non-hydrogen) atoms. The highest BCUT2D eigenvalue weighted by Crippen LogP contribution is 2.41. The van der Waals surface area contributed by atoms with Gasteiger partial charge in [0, 0.05) is 51.9 Å². The maximum absolute atomic E-state index is 14.9. The van der Waals surface area contributed by atoms with Crippen molar-refractivity contribution in [2.24, 2.45) is 0 Å². The van der Waals surface area contributed by atoms with Crippen LogP contribution in [-0.2, 0) is 11.2 Å². The first-order valence-electron chi connectivity index (χ1n) is 12.7. The summed E-state index contributed by atoms with van der Waals surface area (Å²) in [6.07, 6.45) is 0. The highest BCUT2D eigenvalue weighted by atomic mass is 32.2. The van der Waals surface area contributed by atoms with E-state index >= 15 is 0 Å². The highest BCUT2D eigenvalue weighted by Gasteiger charge is 2.32. The first kappa shape index (κ1) is 25.3. The number of fused-ring (bicyclic) bond motifs is 4. The second kappa shape index (κ2) is 9.62. The van der Waals surface area contributed by atoms with Crippen molar-refractivity contribution in [1.82, 2.24) is 0 Å². The molecule has 0 spiro atoms. The van der Waals surface area contributed by atoms with Gasteiger partial charge in [-0.2, -0.15) is 0 Å². The van der Waals surface area contributed by atoms with Crippen LogP contribution in [0.2, 0.25) is 0 Å². The Labute approximate surface area is 231 Å². The average Bonchev–Trinajstić information content (AvgIpc) is 2.91. The molecule has 0 unspecified atom stereocenters. The Morgan fingerprint density at radius 1 is 0.579 bits per heavy atom. The van der Waals surface area contributed by atoms with Crippen molar-refractivity contribution in [3.8, 4) is 0 Å². The fraction of sp³-hybridized carbons (Fsp3) is 0.188. The van der Waals surface area contributed by atoms with Crippen molar-refractivity contribution in [1.29, 1.82) is 0 Å². The highest BCUT2D eigenvalue weighted by molar-refractivity contribution is 7.92. The molecule has 0 aliphatic rings. The van der Waals surface area contributed by atoms with Gasteiger partial charge >= 0.3 is 0 Å². The van der Waals surface area contributed by atoms with Crippen LogP contribution in [0.3, 0.4) is 0 Å². The van der Waals surface area contributed by atoms with E-state index < -0.39 is 11.2 Å². The second-order valence-electron chi connectivity index (χ2n) is 10.1. The molecule has 0 radical (unpaired) electrons. The van der Waals surface area contributed by atoms with Gasteiger partial charge in [-0.1, -0.05) is 64.1 Å². The molecule has 6 aromatic rings. The molecular weight excluding hydrogens is 529 g/mol. The Balaban J connectivity index is 1.79. The molecule has 4 aromatic carbocycles. The van der Waals surface area contributed by atoms with Gasteiger partial charge in [-0.3, -0.25) is 9.59 Å². The van der Waals surface area contributed by atoms with E-state index in [9.17, 15) is 14.1 Å². The van der Waals surface area contributed by atoms with Gasteiger partial charge in [0.15, 0.2) is 9.79 Å². The van der Waals surface area contributed by atoms with Gasteiger partial charge in [-0.25, -0.2) is 0 Å². The van der Waals surface area contributed by atoms with Gasteiger partial charge in [0.05, 0.1) is 10.8 Å². The van der Waals surface area contributed by atoms with E-state index in [2.05, 4.69) is 27.7 Å². The second-order valence-corrected chi connectivity index (χ2v) is 13.7. The van der Waals surface area contributed by atoms with Crippen molar-refractivity contribution in [3.05, 3.63) is 104 Å². The van der Waals surface area contributed by atoms with Crippen molar-refractivity contribution < 1.29 is 4.55 Å². The zero-order valence-corrected chi connectivity index (χ0v) is 24.0. The topological polar surface area (TPSA) is 57.2 Å². The summed E-state index contributed by atoms with van der Waals surface area (Å²) >= 11 is 1.32. The van der Waals surface area contributed by atoms with Crippen LogP contribution in [0, 0.1) is 0 Å². The molecule has 0 aliphatic heterocycles. The summed E-state index contributed by atoms with van der Waals surface area (Å²) in [5.74, 6) is 0.0872. The Kier molecular flexibility index (Phi) is 6.39. The van der Waals surface area contributed by atoms with Gasteiger partial charge < -0.3 is 4.55 Å². The molecule has 0 saturated carbocycles. The smallest absolute Gasteiger partial charge is 0.200 e. The molecule has 2 aromatic heterocycles. The van der Waals surface area contributed by atoms with Gasteiger partial charge in [0.1, 0.15) is 0 Å². The number of rotatable bonds is 4. The van der Waals surface area contributed by atoms with Crippen LogP contribution in [-0.4, -0.2) is 4.55 Å². The fourth-order valence-corrected chi connectivity index (χ4v) is 9.48. The normalized spacial score (nSPS) is 12.2. The molecule has 2 heterocycles. The Hall–Kier alpha value is -3.03. The summed E-state index contributed by atoms with van der Waals surface area (Å²) in [5.41, 5.74) is 1.53. The lowest BCUT2D eigenvalue weighted by atomic mass is 10.0. The molecule has 190 valence electrons. The molecule has 3 nitrogen and oxygen atoms in total. The lowest BCUT2D eigenvalue weighted by Gasteiger charge is -2.22. The van der Waals surface area contributed by atoms with E-state index in [0.29, 0.717) is 31.3 Å².